The Labute approximate surface area is 299 Å². The van der Waals surface area contributed by atoms with E-state index in [0.29, 0.717) is 23.3 Å². The third-order valence-corrected chi connectivity index (χ3v) is 7.97. The highest BCUT2D eigenvalue weighted by Gasteiger charge is 2.35. The van der Waals surface area contributed by atoms with Crippen LogP contribution in [0.1, 0.15) is 50.1 Å². The highest BCUT2D eigenvalue weighted by atomic mass is 16.7. The number of benzene rings is 4. The number of cyclic esters (lactones) is 1. The minimum Gasteiger partial charge on any atom is -0.497 e. The highest BCUT2D eigenvalue weighted by Crippen LogP contribution is 2.31. The summed E-state index contributed by atoms with van der Waals surface area (Å²) in [6.07, 6.45) is -0.664. The van der Waals surface area contributed by atoms with Crippen molar-refractivity contribution in [3.63, 3.8) is 0 Å². The van der Waals surface area contributed by atoms with Gasteiger partial charge in [0.15, 0.2) is 0 Å². The van der Waals surface area contributed by atoms with Crippen molar-refractivity contribution in [2.24, 2.45) is 0 Å². The van der Waals surface area contributed by atoms with Crippen LogP contribution in [0.4, 0.5) is 4.79 Å². The number of carbonyl (C=O) groups excluding carboxylic acids is 5. The molecule has 266 valence electrons. The average molecular weight is 705 g/mol. The van der Waals surface area contributed by atoms with E-state index in [-0.39, 0.29) is 30.1 Å². The van der Waals surface area contributed by atoms with Crippen molar-refractivity contribution in [1.29, 1.82) is 5.41 Å². The van der Waals surface area contributed by atoms with Crippen LogP contribution in [0.3, 0.4) is 0 Å². The topological polar surface area (TPSA) is 182 Å². The number of hydrogen-bond donors (Lipinski definition) is 4. The minimum atomic E-state index is -1.31. The molecule has 0 saturated heterocycles. The van der Waals surface area contributed by atoms with Crippen molar-refractivity contribution in [3.05, 3.63) is 138 Å². The van der Waals surface area contributed by atoms with Crippen LogP contribution in [0, 0.1) is 5.41 Å². The van der Waals surface area contributed by atoms with Gasteiger partial charge in [0.1, 0.15) is 24.2 Å². The van der Waals surface area contributed by atoms with Crippen molar-refractivity contribution in [3.8, 4) is 16.9 Å². The van der Waals surface area contributed by atoms with E-state index in [1.54, 1.807) is 92.0 Å². The summed E-state index contributed by atoms with van der Waals surface area (Å²) in [6.45, 7) is 3.71. The maximum Gasteiger partial charge on any atom is 0.413 e. The van der Waals surface area contributed by atoms with E-state index in [0.717, 1.165) is 16.7 Å². The number of ether oxygens (including phenoxy) is 4. The van der Waals surface area contributed by atoms with E-state index in [1.165, 1.54) is 6.08 Å². The summed E-state index contributed by atoms with van der Waals surface area (Å²) in [5.74, 6) is -2.14. The molecule has 52 heavy (non-hydrogen) atoms. The number of alkyl carbamates (subject to hydrolysis) is 1. The molecule has 2 atom stereocenters. The lowest BCUT2D eigenvalue weighted by Crippen LogP contribution is -2.48. The molecule has 3 amide bonds. The first-order valence-corrected chi connectivity index (χ1v) is 16.2. The predicted octanol–water partition coefficient (Wildman–Crippen LogP) is 4.86. The number of rotatable bonds is 14. The zero-order chi connectivity index (χ0) is 37.0. The second-order valence-corrected chi connectivity index (χ2v) is 11.5. The second kappa shape index (κ2) is 17.3. The second-order valence-electron chi connectivity index (χ2n) is 11.5. The molecule has 4 N–H and O–H groups in total. The smallest absolute Gasteiger partial charge is 0.413 e. The minimum absolute atomic E-state index is 0.0201. The van der Waals surface area contributed by atoms with Crippen molar-refractivity contribution in [2.75, 3.05) is 20.3 Å². The van der Waals surface area contributed by atoms with E-state index < -0.39 is 48.6 Å². The van der Waals surface area contributed by atoms with E-state index in [9.17, 15) is 24.0 Å². The van der Waals surface area contributed by atoms with Gasteiger partial charge in [-0.25, -0.2) is 9.59 Å². The van der Waals surface area contributed by atoms with E-state index in [1.807, 2.05) is 12.1 Å². The Morgan fingerprint density at radius 1 is 0.904 bits per heavy atom. The standard InChI is InChI=1S/C39H36N4O9/c1-3-22-50-39(48)43-34(40)27-14-10-25(11-15-27)26-12-16-28(17-13-26)35(45)42-32(36(46)41-21-20-24-8-18-29(49-2)19-9-24)23-33(44)51-38-31-7-5-4-6-30(31)37(47)52-38/h3-19,32,38H,1,20-23H2,2H3,(H,41,46)(H,42,45)(H2,40,43,48). The van der Waals surface area contributed by atoms with Gasteiger partial charge in [-0.2, -0.15) is 0 Å². The maximum atomic E-state index is 13.4. The Balaban J connectivity index is 1.23. The van der Waals surface area contributed by atoms with Gasteiger partial charge >= 0.3 is 18.0 Å². The lowest BCUT2D eigenvalue weighted by molar-refractivity contribution is -0.168. The third-order valence-electron chi connectivity index (χ3n) is 7.97. The number of fused-ring (bicyclic) bond motifs is 1. The summed E-state index contributed by atoms with van der Waals surface area (Å²) < 4.78 is 20.7. The van der Waals surface area contributed by atoms with Crippen molar-refractivity contribution >= 4 is 35.7 Å². The van der Waals surface area contributed by atoms with Gasteiger partial charge in [0.2, 0.25) is 5.91 Å². The maximum absolute atomic E-state index is 13.4. The summed E-state index contributed by atoms with van der Waals surface area (Å²) in [7, 11) is 1.57. The van der Waals surface area contributed by atoms with Crippen LogP contribution in [-0.4, -0.2) is 62.0 Å². The van der Waals surface area contributed by atoms with E-state index in [2.05, 4.69) is 22.5 Å². The SMILES string of the molecule is C=CCOC(=O)NC(=N)c1ccc(-c2ccc(C(=O)NC(CC(=O)OC3OC(=O)c4ccccc43)C(=O)NCCc3ccc(OC)cc3)cc2)cc1. The summed E-state index contributed by atoms with van der Waals surface area (Å²) in [5.41, 5.74) is 3.83. The summed E-state index contributed by atoms with van der Waals surface area (Å²) in [6, 6.07) is 25.9. The number of amidine groups is 1. The lowest BCUT2D eigenvalue weighted by atomic mass is 10.0. The Hall–Kier alpha value is -6.76. The summed E-state index contributed by atoms with van der Waals surface area (Å²) in [4.78, 5) is 63.7. The third kappa shape index (κ3) is 9.47. The van der Waals surface area contributed by atoms with Gasteiger partial charge in [-0.05, 0) is 53.4 Å². The Morgan fingerprint density at radius 2 is 1.56 bits per heavy atom. The number of amides is 3. The molecule has 0 saturated carbocycles. The molecule has 0 aliphatic carbocycles. The van der Waals surface area contributed by atoms with Crippen molar-refractivity contribution < 1.29 is 42.9 Å². The number of nitrogens with one attached hydrogen (secondary N) is 4. The fourth-order valence-corrected chi connectivity index (χ4v) is 5.22. The summed E-state index contributed by atoms with van der Waals surface area (Å²) >= 11 is 0. The van der Waals surface area contributed by atoms with Gasteiger partial charge in [-0.15, -0.1) is 0 Å². The van der Waals surface area contributed by atoms with Crippen LogP contribution in [-0.2, 0) is 30.2 Å². The Bertz CT molecular complexity index is 1960. The quantitative estimate of drug-likeness (QED) is 0.0617. The molecule has 0 bridgehead atoms. The zero-order valence-electron chi connectivity index (χ0n) is 28.2. The molecule has 5 rings (SSSR count). The van der Waals surface area contributed by atoms with Crippen molar-refractivity contribution in [1.82, 2.24) is 16.0 Å². The van der Waals surface area contributed by atoms with Gasteiger partial charge < -0.3 is 29.6 Å². The van der Waals surface area contributed by atoms with Crippen LogP contribution in [0.15, 0.2) is 110 Å². The Morgan fingerprint density at radius 3 is 2.21 bits per heavy atom. The Kier molecular flexibility index (Phi) is 12.1. The van der Waals surface area contributed by atoms with Crippen LogP contribution >= 0.6 is 0 Å². The monoisotopic (exact) mass is 704 g/mol. The molecule has 2 unspecified atom stereocenters. The molecule has 0 fully saturated rings. The molecule has 13 heteroatoms. The molecule has 0 radical (unpaired) electrons. The molecule has 1 heterocycles. The van der Waals surface area contributed by atoms with Gasteiger partial charge in [0.25, 0.3) is 12.2 Å². The number of carbonyl (C=O) groups is 5. The van der Waals surface area contributed by atoms with Crippen molar-refractivity contribution in [2.45, 2.75) is 25.2 Å². The van der Waals surface area contributed by atoms with Crippen LogP contribution in [0.25, 0.3) is 11.1 Å². The first-order valence-electron chi connectivity index (χ1n) is 16.2. The zero-order valence-corrected chi connectivity index (χ0v) is 28.2. The van der Waals surface area contributed by atoms with Crippen LogP contribution in [0.5, 0.6) is 5.75 Å². The molecule has 4 aromatic carbocycles. The molecule has 4 aromatic rings. The highest BCUT2D eigenvalue weighted by molar-refractivity contribution is 6.05. The summed E-state index contributed by atoms with van der Waals surface area (Å²) in [5, 5.41) is 15.8. The van der Waals surface area contributed by atoms with Crippen LogP contribution in [0.2, 0.25) is 0 Å². The van der Waals surface area contributed by atoms with E-state index in [4.69, 9.17) is 24.4 Å². The van der Waals surface area contributed by atoms with Gasteiger partial charge in [0.05, 0.1) is 19.1 Å². The number of methoxy groups -OCH3 is 1. The average Bonchev–Trinajstić information content (AvgIpc) is 3.48. The molecule has 0 spiro atoms. The van der Waals surface area contributed by atoms with Crippen LogP contribution < -0.4 is 20.7 Å². The fourth-order valence-electron chi connectivity index (χ4n) is 5.22. The number of esters is 2. The molecular formula is C39H36N4O9. The lowest BCUT2D eigenvalue weighted by Gasteiger charge is -2.19. The normalized spacial score (nSPS) is 13.4. The largest absolute Gasteiger partial charge is 0.497 e. The molecule has 1 aliphatic rings. The van der Waals surface area contributed by atoms with E-state index >= 15 is 0 Å². The molecular weight excluding hydrogens is 668 g/mol. The predicted molar refractivity (Wildman–Crippen MR) is 190 cm³/mol. The molecule has 0 aromatic heterocycles. The number of hydrogen-bond acceptors (Lipinski definition) is 10. The van der Waals surface area contributed by atoms with Gasteiger partial charge in [-0.3, -0.25) is 25.1 Å². The van der Waals surface area contributed by atoms with Gasteiger partial charge in [0, 0.05) is 23.2 Å². The first-order chi connectivity index (χ1) is 25.1. The first kappa shape index (κ1) is 36.5. The molecule has 1 aliphatic heterocycles. The fraction of sp³-hybridized carbons (Fsp3) is 0.179. The van der Waals surface area contributed by atoms with Gasteiger partial charge in [-0.1, -0.05) is 79.4 Å². The molecule has 13 nitrogen and oxygen atoms in total.